The van der Waals surface area contributed by atoms with Gasteiger partial charge < -0.3 is 5.11 Å². The van der Waals surface area contributed by atoms with Crippen LogP contribution in [0.3, 0.4) is 0 Å². The maximum Gasteiger partial charge on any atom is 0.104 e. The zero-order chi connectivity index (χ0) is 15.4. The van der Waals surface area contributed by atoms with Crippen molar-refractivity contribution in [1.82, 2.24) is 0 Å². The molecule has 22 heavy (non-hydrogen) atoms. The van der Waals surface area contributed by atoms with Crippen LogP contribution in [-0.2, 0) is 0 Å². The molecule has 1 atom stereocenters. The molecule has 0 aliphatic carbocycles. The first kappa shape index (κ1) is 14.1. The maximum atomic E-state index is 10.4. The summed E-state index contributed by atoms with van der Waals surface area (Å²) in [6.45, 7) is 0. The van der Waals surface area contributed by atoms with Crippen molar-refractivity contribution in [1.29, 1.82) is 5.26 Å². The van der Waals surface area contributed by atoms with Gasteiger partial charge in [-0.3, -0.25) is 0 Å². The van der Waals surface area contributed by atoms with Gasteiger partial charge in [0.1, 0.15) is 6.10 Å². The first-order valence-corrected chi connectivity index (χ1v) is 7.11. The summed E-state index contributed by atoms with van der Waals surface area (Å²) >= 11 is 0. The van der Waals surface area contributed by atoms with E-state index in [4.69, 9.17) is 5.26 Å². The highest BCUT2D eigenvalue weighted by Gasteiger charge is 2.10. The van der Waals surface area contributed by atoms with Crippen LogP contribution in [-0.4, -0.2) is 5.11 Å². The number of aliphatic hydroxyl groups is 1. The molecule has 0 spiro atoms. The number of hydrogen-bond donors (Lipinski definition) is 1. The molecular formula is C20H15NO. The van der Waals surface area contributed by atoms with Crippen LogP contribution in [0.2, 0.25) is 0 Å². The summed E-state index contributed by atoms with van der Waals surface area (Å²) in [4.78, 5) is 0. The lowest BCUT2D eigenvalue weighted by Gasteiger charge is -2.12. The number of rotatable bonds is 3. The van der Waals surface area contributed by atoms with Crippen molar-refractivity contribution >= 4 is 0 Å². The Kier molecular flexibility index (Phi) is 4.00. The van der Waals surface area contributed by atoms with Gasteiger partial charge in [-0.1, -0.05) is 66.7 Å². The van der Waals surface area contributed by atoms with Gasteiger partial charge in [0, 0.05) is 0 Å². The van der Waals surface area contributed by atoms with E-state index < -0.39 is 6.10 Å². The van der Waals surface area contributed by atoms with Gasteiger partial charge in [0.25, 0.3) is 0 Å². The summed E-state index contributed by atoms with van der Waals surface area (Å²) in [5.74, 6) is 0. The van der Waals surface area contributed by atoms with Gasteiger partial charge in [0.2, 0.25) is 0 Å². The topological polar surface area (TPSA) is 44.0 Å². The molecule has 0 bridgehead atoms. The zero-order valence-electron chi connectivity index (χ0n) is 12.0. The van der Waals surface area contributed by atoms with E-state index in [-0.39, 0.29) is 0 Å². The van der Waals surface area contributed by atoms with Crippen LogP contribution in [0.25, 0.3) is 11.1 Å². The Labute approximate surface area is 129 Å². The molecule has 1 N–H and O–H groups in total. The van der Waals surface area contributed by atoms with Crippen molar-refractivity contribution in [3.63, 3.8) is 0 Å². The largest absolute Gasteiger partial charge is 0.384 e. The average molecular weight is 285 g/mol. The molecule has 0 fully saturated rings. The standard InChI is InChI=1S/C20H15NO/c21-14-15-6-8-18(9-7-15)20(22)19-12-10-17(11-13-19)16-4-2-1-3-5-16/h1-13,20,22H. The summed E-state index contributed by atoms with van der Waals surface area (Å²) in [6.07, 6.45) is -0.683. The molecule has 2 nitrogen and oxygen atoms in total. The summed E-state index contributed by atoms with van der Waals surface area (Å²) in [5.41, 5.74) is 4.49. The van der Waals surface area contributed by atoms with Crippen LogP contribution in [0.5, 0.6) is 0 Å². The molecule has 3 rings (SSSR count). The van der Waals surface area contributed by atoms with Crippen LogP contribution in [0, 0.1) is 11.3 Å². The zero-order valence-corrected chi connectivity index (χ0v) is 12.0. The van der Waals surface area contributed by atoms with Crippen LogP contribution in [0.1, 0.15) is 22.8 Å². The van der Waals surface area contributed by atoms with Crippen molar-refractivity contribution in [2.75, 3.05) is 0 Å². The highest BCUT2D eigenvalue weighted by molar-refractivity contribution is 5.63. The van der Waals surface area contributed by atoms with Gasteiger partial charge >= 0.3 is 0 Å². The van der Waals surface area contributed by atoms with Crippen molar-refractivity contribution in [2.24, 2.45) is 0 Å². The Morgan fingerprint density at radius 1 is 0.682 bits per heavy atom. The Hall–Kier alpha value is -2.89. The average Bonchev–Trinajstić information content (AvgIpc) is 2.62. The first-order chi connectivity index (χ1) is 10.8. The molecule has 0 aromatic heterocycles. The van der Waals surface area contributed by atoms with E-state index in [0.29, 0.717) is 5.56 Å². The lowest BCUT2D eigenvalue weighted by molar-refractivity contribution is 0.220. The van der Waals surface area contributed by atoms with Crippen LogP contribution >= 0.6 is 0 Å². The summed E-state index contributed by atoms with van der Waals surface area (Å²) < 4.78 is 0. The van der Waals surface area contributed by atoms with E-state index in [1.54, 1.807) is 24.3 Å². The number of aliphatic hydroxyl groups excluding tert-OH is 1. The predicted molar refractivity (Wildman–Crippen MR) is 87.1 cm³/mol. The Morgan fingerprint density at radius 2 is 1.18 bits per heavy atom. The highest BCUT2D eigenvalue weighted by Crippen LogP contribution is 2.25. The van der Waals surface area contributed by atoms with E-state index in [9.17, 15) is 5.11 Å². The summed E-state index contributed by atoms with van der Waals surface area (Å²) in [7, 11) is 0. The van der Waals surface area contributed by atoms with E-state index in [0.717, 1.165) is 22.3 Å². The molecule has 0 heterocycles. The minimum atomic E-state index is -0.683. The SMILES string of the molecule is N#Cc1ccc(C(O)c2ccc(-c3ccccc3)cc2)cc1. The number of hydrogen-bond acceptors (Lipinski definition) is 2. The molecule has 0 aliphatic rings. The highest BCUT2D eigenvalue weighted by atomic mass is 16.3. The third-order valence-corrected chi connectivity index (χ3v) is 3.69. The van der Waals surface area contributed by atoms with Crippen molar-refractivity contribution in [3.05, 3.63) is 95.6 Å². The summed E-state index contributed by atoms with van der Waals surface area (Å²) in [5, 5.41) is 19.2. The molecule has 0 radical (unpaired) electrons. The monoisotopic (exact) mass is 285 g/mol. The van der Waals surface area contributed by atoms with Gasteiger partial charge in [-0.15, -0.1) is 0 Å². The molecule has 0 saturated carbocycles. The van der Waals surface area contributed by atoms with Crippen LogP contribution in [0.15, 0.2) is 78.9 Å². The van der Waals surface area contributed by atoms with Crippen molar-refractivity contribution < 1.29 is 5.11 Å². The van der Waals surface area contributed by atoms with Gasteiger partial charge in [-0.25, -0.2) is 0 Å². The Morgan fingerprint density at radius 3 is 1.73 bits per heavy atom. The first-order valence-electron chi connectivity index (χ1n) is 7.11. The molecule has 106 valence electrons. The molecule has 0 aliphatic heterocycles. The lowest BCUT2D eigenvalue weighted by atomic mass is 9.98. The maximum absolute atomic E-state index is 10.4. The minimum Gasteiger partial charge on any atom is -0.384 e. The van der Waals surface area contributed by atoms with Crippen molar-refractivity contribution in [2.45, 2.75) is 6.10 Å². The second-order valence-electron chi connectivity index (χ2n) is 5.12. The third kappa shape index (κ3) is 2.90. The van der Waals surface area contributed by atoms with Crippen molar-refractivity contribution in [3.8, 4) is 17.2 Å². The normalized spacial score (nSPS) is 11.6. The molecular weight excluding hydrogens is 270 g/mol. The van der Waals surface area contributed by atoms with E-state index in [1.807, 2.05) is 42.5 Å². The Bertz CT molecular complexity index is 784. The molecule has 3 aromatic carbocycles. The fraction of sp³-hybridized carbons (Fsp3) is 0.0500. The lowest BCUT2D eigenvalue weighted by Crippen LogP contribution is -1.99. The molecule has 2 heteroatoms. The smallest absolute Gasteiger partial charge is 0.104 e. The molecule has 3 aromatic rings. The fourth-order valence-electron chi connectivity index (χ4n) is 2.42. The number of nitriles is 1. The van der Waals surface area contributed by atoms with Gasteiger partial charge in [0.05, 0.1) is 11.6 Å². The predicted octanol–water partition coefficient (Wildman–Crippen LogP) is 4.31. The number of benzene rings is 3. The molecule has 0 saturated heterocycles. The number of nitrogens with zero attached hydrogens (tertiary/aromatic N) is 1. The molecule has 0 amide bonds. The molecule has 1 unspecified atom stereocenters. The minimum absolute atomic E-state index is 0.593. The quantitative estimate of drug-likeness (QED) is 0.779. The van der Waals surface area contributed by atoms with Gasteiger partial charge in [-0.2, -0.15) is 5.26 Å². The summed E-state index contributed by atoms with van der Waals surface area (Å²) in [6, 6.07) is 27.1. The van der Waals surface area contributed by atoms with E-state index in [2.05, 4.69) is 18.2 Å². The van der Waals surface area contributed by atoms with E-state index >= 15 is 0 Å². The fourth-order valence-corrected chi connectivity index (χ4v) is 2.42. The second-order valence-corrected chi connectivity index (χ2v) is 5.12. The van der Waals surface area contributed by atoms with Crippen LogP contribution < -0.4 is 0 Å². The Balaban J connectivity index is 1.84. The van der Waals surface area contributed by atoms with Crippen LogP contribution in [0.4, 0.5) is 0 Å². The second kappa shape index (κ2) is 6.26. The van der Waals surface area contributed by atoms with Gasteiger partial charge in [0.15, 0.2) is 0 Å². The van der Waals surface area contributed by atoms with Gasteiger partial charge in [-0.05, 0) is 34.4 Å². The third-order valence-electron chi connectivity index (χ3n) is 3.69. The van der Waals surface area contributed by atoms with E-state index in [1.165, 1.54) is 0 Å².